The standard InChI is InChI=1S/C58H112O6/c1-5-7-9-11-13-15-16-17-18-24-27-30-34-38-42-46-50-57(60)63-53-55(52-62-56(59)49-45-41-37-32-14-12-10-8-6-2)64-58(61)51-47-43-39-35-31-28-25-22-20-19-21-23-26-29-33-36-40-44-48-54(3)4/h54-55H,5-53H2,1-4H3/t55-/m0/s1. The van der Waals surface area contributed by atoms with E-state index in [1.807, 2.05) is 0 Å². The van der Waals surface area contributed by atoms with Crippen LogP contribution in [0, 0.1) is 5.92 Å². The molecule has 6 nitrogen and oxygen atoms in total. The molecule has 0 heterocycles. The highest BCUT2D eigenvalue weighted by Gasteiger charge is 2.19. The van der Waals surface area contributed by atoms with Crippen LogP contribution < -0.4 is 0 Å². The zero-order valence-electron chi connectivity index (χ0n) is 43.8. The number of carbonyl (C=O) groups is 3. The molecule has 0 aliphatic heterocycles. The first kappa shape index (κ1) is 62.4. The van der Waals surface area contributed by atoms with E-state index in [2.05, 4.69) is 27.7 Å². The lowest BCUT2D eigenvalue weighted by Crippen LogP contribution is -2.30. The molecule has 0 aromatic carbocycles. The maximum Gasteiger partial charge on any atom is 0.306 e. The summed E-state index contributed by atoms with van der Waals surface area (Å²) in [4.78, 5) is 38.0. The van der Waals surface area contributed by atoms with Gasteiger partial charge in [0.05, 0.1) is 0 Å². The molecule has 0 radical (unpaired) electrons. The van der Waals surface area contributed by atoms with Gasteiger partial charge in [0, 0.05) is 19.3 Å². The lowest BCUT2D eigenvalue weighted by molar-refractivity contribution is -0.167. The minimum atomic E-state index is -0.761. The van der Waals surface area contributed by atoms with Gasteiger partial charge in [-0.2, -0.15) is 0 Å². The highest BCUT2D eigenvalue weighted by Crippen LogP contribution is 2.18. The van der Waals surface area contributed by atoms with Crippen LogP contribution in [0.15, 0.2) is 0 Å². The molecular weight excluding hydrogens is 793 g/mol. The summed E-state index contributed by atoms with van der Waals surface area (Å²) in [6.45, 7) is 9.05. The van der Waals surface area contributed by atoms with Gasteiger partial charge in [0.1, 0.15) is 13.2 Å². The van der Waals surface area contributed by atoms with E-state index in [1.165, 1.54) is 225 Å². The van der Waals surface area contributed by atoms with Crippen LogP contribution in [0.4, 0.5) is 0 Å². The molecule has 380 valence electrons. The molecule has 0 unspecified atom stereocenters. The second kappa shape index (κ2) is 52.4. The van der Waals surface area contributed by atoms with Crippen molar-refractivity contribution in [3.8, 4) is 0 Å². The fourth-order valence-electron chi connectivity index (χ4n) is 8.92. The van der Waals surface area contributed by atoms with Gasteiger partial charge in [0.2, 0.25) is 0 Å². The number of unbranched alkanes of at least 4 members (excludes halogenated alkanes) is 40. The lowest BCUT2D eigenvalue weighted by atomic mass is 10.0. The zero-order chi connectivity index (χ0) is 46.7. The highest BCUT2D eigenvalue weighted by atomic mass is 16.6. The van der Waals surface area contributed by atoms with E-state index >= 15 is 0 Å². The maximum atomic E-state index is 12.8. The quantitative estimate of drug-likeness (QED) is 0.0344. The molecule has 0 aromatic rings. The summed E-state index contributed by atoms with van der Waals surface area (Å²) in [6.07, 6.45) is 56.7. The smallest absolute Gasteiger partial charge is 0.306 e. The lowest BCUT2D eigenvalue weighted by Gasteiger charge is -2.18. The Morgan fingerprint density at radius 1 is 0.297 bits per heavy atom. The van der Waals surface area contributed by atoms with E-state index in [0.717, 1.165) is 63.7 Å². The summed E-state index contributed by atoms with van der Waals surface area (Å²) < 4.78 is 16.8. The van der Waals surface area contributed by atoms with Gasteiger partial charge in [-0.05, 0) is 25.2 Å². The fourth-order valence-corrected chi connectivity index (χ4v) is 8.92. The van der Waals surface area contributed by atoms with E-state index in [4.69, 9.17) is 14.2 Å². The minimum Gasteiger partial charge on any atom is -0.462 e. The van der Waals surface area contributed by atoms with E-state index in [9.17, 15) is 14.4 Å². The molecule has 0 spiro atoms. The third-order valence-corrected chi connectivity index (χ3v) is 13.3. The Balaban J connectivity index is 4.19. The van der Waals surface area contributed by atoms with Crippen molar-refractivity contribution in [1.29, 1.82) is 0 Å². The molecule has 0 aliphatic carbocycles. The Bertz CT molecular complexity index is 964. The van der Waals surface area contributed by atoms with Crippen molar-refractivity contribution in [2.75, 3.05) is 13.2 Å². The summed E-state index contributed by atoms with van der Waals surface area (Å²) in [6, 6.07) is 0. The van der Waals surface area contributed by atoms with Gasteiger partial charge in [-0.1, -0.05) is 291 Å². The zero-order valence-corrected chi connectivity index (χ0v) is 43.8. The second-order valence-electron chi connectivity index (χ2n) is 20.4. The van der Waals surface area contributed by atoms with Gasteiger partial charge < -0.3 is 14.2 Å². The monoisotopic (exact) mass is 905 g/mol. The Morgan fingerprint density at radius 3 is 0.766 bits per heavy atom. The van der Waals surface area contributed by atoms with Crippen LogP contribution in [0.25, 0.3) is 0 Å². The van der Waals surface area contributed by atoms with E-state index in [0.29, 0.717) is 19.3 Å². The molecule has 6 heteroatoms. The van der Waals surface area contributed by atoms with Crippen molar-refractivity contribution in [2.24, 2.45) is 5.92 Å². The SMILES string of the molecule is CCCCCCCCCCCCCCCCCCC(=O)OC[C@H](COC(=O)CCCCCCCCCCC)OC(=O)CCCCCCCCCCCCCCCCCCCCC(C)C. The number of esters is 3. The number of rotatable bonds is 53. The largest absolute Gasteiger partial charge is 0.462 e. The molecule has 64 heavy (non-hydrogen) atoms. The highest BCUT2D eigenvalue weighted by molar-refractivity contribution is 5.71. The van der Waals surface area contributed by atoms with Crippen LogP contribution in [-0.4, -0.2) is 37.2 Å². The van der Waals surface area contributed by atoms with E-state index < -0.39 is 6.10 Å². The van der Waals surface area contributed by atoms with E-state index in [-0.39, 0.29) is 31.1 Å². The average molecular weight is 906 g/mol. The maximum absolute atomic E-state index is 12.8. The summed E-state index contributed by atoms with van der Waals surface area (Å²) in [5, 5.41) is 0. The van der Waals surface area contributed by atoms with Gasteiger partial charge >= 0.3 is 17.9 Å². The molecule has 0 fully saturated rings. The molecular formula is C58H112O6. The topological polar surface area (TPSA) is 78.9 Å². The summed E-state index contributed by atoms with van der Waals surface area (Å²) in [5.74, 6) is 0.0194. The normalized spacial score (nSPS) is 12.0. The van der Waals surface area contributed by atoms with Crippen LogP contribution in [0.5, 0.6) is 0 Å². The second-order valence-corrected chi connectivity index (χ2v) is 20.4. The summed E-state index contributed by atoms with van der Waals surface area (Å²) in [7, 11) is 0. The van der Waals surface area contributed by atoms with Crippen molar-refractivity contribution >= 4 is 17.9 Å². The third kappa shape index (κ3) is 51.4. The van der Waals surface area contributed by atoms with Gasteiger partial charge in [0.25, 0.3) is 0 Å². The average Bonchev–Trinajstić information content (AvgIpc) is 3.28. The van der Waals surface area contributed by atoms with Crippen LogP contribution in [0.2, 0.25) is 0 Å². The third-order valence-electron chi connectivity index (χ3n) is 13.3. The van der Waals surface area contributed by atoms with Gasteiger partial charge in [-0.25, -0.2) is 0 Å². The Morgan fingerprint density at radius 2 is 0.516 bits per heavy atom. The molecule has 0 aromatic heterocycles. The van der Waals surface area contributed by atoms with Crippen molar-refractivity contribution in [2.45, 2.75) is 336 Å². The molecule has 0 aliphatic rings. The van der Waals surface area contributed by atoms with Crippen LogP contribution in [0.1, 0.15) is 329 Å². The van der Waals surface area contributed by atoms with Gasteiger partial charge in [-0.15, -0.1) is 0 Å². The van der Waals surface area contributed by atoms with E-state index in [1.54, 1.807) is 0 Å². The first-order valence-electron chi connectivity index (χ1n) is 28.9. The number of hydrogen-bond donors (Lipinski definition) is 0. The molecule has 0 saturated carbocycles. The molecule has 0 N–H and O–H groups in total. The first-order valence-corrected chi connectivity index (χ1v) is 28.9. The van der Waals surface area contributed by atoms with Gasteiger partial charge in [0.15, 0.2) is 6.10 Å². The molecule has 0 rings (SSSR count). The predicted octanol–water partition coefficient (Wildman–Crippen LogP) is 19.0. The number of hydrogen-bond acceptors (Lipinski definition) is 6. The van der Waals surface area contributed by atoms with Crippen LogP contribution >= 0.6 is 0 Å². The summed E-state index contributed by atoms with van der Waals surface area (Å²) in [5.41, 5.74) is 0. The first-order chi connectivity index (χ1) is 31.4. The molecule has 0 amide bonds. The van der Waals surface area contributed by atoms with Crippen molar-refractivity contribution in [3.05, 3.63) is 0 Å². The number of carbonyl (C=O) groups excluding carboxylic acids is 3. The van der Waals surface area contributed by atoms with Crippen molar-refractivity contribution in [3.63, 3.8) is 0 Å². The van der Waals surface area contributed by atoms with Crippen molar-refractivity contribution < 1.29 is 28.6 Å². The fraction of sp³-hybridized carbons (Fsp3) is 0.948. The van der Waals surface area contributed by atoms with Crippen LogP contribution in [0.3, 0.4) is 0 Å². The molecule has 0 saturated heterocycles. The van der Waals surface area contributed by atoms with Crippen LogP contribution in [-0.2, 0) is 28.6 Å². The Labute approximate surface area is 399 Å². The Kier molecular flexibility index (Phi) is 51.1. The molecule has 0 bridgehead atoms. The summed E-state index contributed by atoms with van der Waals surface area (Å²) >= 11 is 0. The predicted molar refractivity (Wildman–Crippen MR) is 275 cm³/mol. The minimum absolute atomic E-state index is 0.0620. The van der Waals surface area contributed by atoms with Gasteiger partial charge in [-0.3, -0.25) is 14.4 Å². The Hall–Kier alpha value is -1.59. The molecule has 1 atom stereocenters. The number of ether oxygens (including phenoxy) is 3. The van der Waals surface area contributed by atoms with Crippen molar-refractivity contribution in [1.82, 2.24) is 0 Å².